The number of hydrogen-bond donors (Lipinski definition) is 1. The van der Waals surface area contributed by atoms with E-state index in [4.69, 9.17) is 9.15 Å². The Labute approximate surface area is 107 Å². The lowest BCUT2D eigenvalue weighted by Crippen LogP contribution is -1.98. The summed E-state index contributed by atoms with van der Waals surface area (Å²) >= 11 is 6.60. The van der Waals surface area contributed by atoms with E-state index in [0.717, 1.165) is 0 Å². The van der Waals surface area contributed by atoms with Gasteiger partial charge >= 0.3 is 5.63 Å². The third kappa shape index (κ3) is 1.72. The minimum Gasteiger partial charge on any atom is -0.502 e. The number of fused-ring (bicyclic) bond motifs is 1. The van der Waals surface area contributed by atoms with Gasteiger partial charge in [-0.05, 0) is 44.0 Å². The molecular weight excluding hydrogens is 344 g/mol. The van der Waals surface area contributed by atoms with Crippen molar-refractivity contribution >= 4 is 42.8 Å². The van der Waals surface area contributed by atoms with E-state index in [9.17, 15) is 9.90 Å². The average Bonchev–Trinajstić information content (AvgIpc) is 2.22. The Balaban J connectivity index is 2.93. The third-order valence-electron chi connectivity index (χ3n) is 2.06. The molecule has 0 amide bonds. The molecule has 4 nitrogen and oxygen atoms in total. The quantitative estimate of drug-likeness (QED) is 0.804. The fourth-order valence-corrected chi connectivity index (χ4v) is 2.91. The summed E-state index contributed by atoms with van der Waals surface area (Å²) in [5, 5.41) is 9.85. The summed E-state index contributed by atoms with van der Waals surface area (Å²) < 4.78 is 11.3. The highest BCUT2D eigenvalue weighted by molar-refractivity contribution is 9.11. The highest BCUT2D eigenvalue weighted by atomic mass is 79.9. The molecule has 1 aromatic heterocycles. The molecule has 0 aliphatic carbocycles. The molecule has 0 saturated heterocycles. The lowest BCUT2D eigenvalue weighted by molar-refractivity contribution is 0.405. The van der Waals surface area contributed by atoms with Crippen molar-refractivity contribution in [1.29, 1.82) is 0 Å². The van der Waals surface area contributed by atoms with Crippen LogP contribution < -0.4 is 10.4 Å². The maximum Gasteiger partial charge on any atom is 0.378 e. The van der Waals surface area contributed by atoms with Gasteiger partial charge in [-0.1, -0.05) is 0 Å². The maximum atomic E-state index is 11.2. The zero-order chi connectivity index (χ0) is 11.9. The minimum absolute atomic E-state index is 0.336. The minimum atomic E-state index is -0.780. The molecule has 2 aromatic rings. The molecule has 0 bridgehead atoms. The predicted octanol–water partition coefficient (Wildman–Crippen LogP) is 3.03. The van der Waals surface area contributed by atoms with Crippen molar-refractivity contribution in [2.24, 2.45) is 0 Å². The van der Waals surface area contributed by atoms with Gasteiger partial charge < -0.3 is 14.3 Å². The summed E-state index contributed by atoms with van der Waals surface area (Å²) in [4.78, 5) is 11.2. The van der Waals surface area contributed by atoms with Crippen LogP contribution in [0.25, 0.3) is 11.0 Å². The molecule has 1 N–H and O–H groups in total. The molecule has 1 heterocycles. The Morgan fingerprint density at radius 3 is 2.69 bits per heavy atom. The van der Waals surface area contributed by atoms with Crippen LogP contribution >= 0.6 is 31.9 Å². The monoisotopic (exact) mass is 348 g/mol. The van der Waals surface area contributed by atoms with Crippen molar-refractivity contribution in [1.82, 2.24) is 0 Å². The molecule has 0 unspecified atom stereocenters. The molecule has 0 atom stereocenters. The highest BCUT2D eigenvalue weighted by Gasteiger charge is 2.14. The van der Waals surface area contributed by atoms with Gasteiger partial charge in [-0.15, -0.1) is 0 Å². The summed E-state index contributed by atoms with van der Waals surface area (Å²) in [6.07, 6.45) is 0. The maximum absolute atomic E-state index is 11.2. The molecule has 2 rings (SSSR count). The van der Waals surface area contributed by atoms with Gasteiger partial charge in [-0.25, -0.2) is 4.79 Å². The number of rotatable bonds is 1. The Hall–Kier alpha value is -1.01. The molecule has 1 aromatic carbocycles. The number of aromatic hydroxyl groups is 1. The van der Waals surface area contributed by atoms with Gasteiger partial charge in [0.1, 0.15) is 4.47 Å². The Kier molecular flexibility index (Phi) is 2.94. The van der Waals surface area contributed by atoms with E-state index in [-0.39, 0.29) is 0 Å². The van der Waals surface area contributed by atoms with Gasteiger partial charge in [0, 0.05) is 5.39 Å². The summed E-state index contributed by atoms with van der Waals surface area (Å²) in [5.41, 5.74) is -0.444. The van der Waals surface area contributed by atoms with Crippen LogP contribution in [0, 0.1) is 0 Å². The highest BCUT2D eigenvalue weighted by Crippen LogP contribution is 2.39. The van der Waals surface area contributed by atoms with Gasteiger partial charge in [-0.3, -0.25) is 0 Å². The Bertz CT molecular complexity index is 618. The molecule has 0 fully saturated rings. The van der Waals surface area contributed by atoms with Crippen LogP contribution in [0.3, 0.4) is 0 Å². The largest absolute Gasteiger partial charge is 0.502 e. The van der Waals surface area contributed by atoms with E-state index in [1.807, 2.05) is 0 Å². The third-order valence-corrected chi connectivity index (χ3v) is 3.37. The standard InChI is InChI=1S/C10H6Br2O4/c1-15-9-5(11)2-4-3-6(13)10(14)16-8(4)7(9)12/h2-3,13H,1H3. The van der Waals surface area contributed by atoms with Crippen molar-refractivity contribution in [3.63, 3.8) is 0 Å². The van der Waals surface area contributed by atoms with E-state index in [2.05, 4.69) is 31.9 Å². The van der Waals surface area contributed by atoms with Gasteiger partial charge in [0.05, 0.1) is 11.6 Å². The van der Waals surface area contributed by atoms with Crippen molar-refractivity contribution in [3.05, 3.63) is 31.5 Å². The average molecular weight is 350 g/mol. The lowest BCUT2D eigenvalue weighted by Gasteiger charge is -2.08. The van der Waals surface area contributed by atoms with Crippen molar-refractivity contribution < 1.29 is 14.3 Å². The molecule has 16 heavy (non-hydrogen) atoms. The topological polar surface area (TPSA) is 59.7 Å². The second kappa shape index (κ2) is 4.10. The molecule has 0 aliphatic heterocycles. The van der Waals surface area contributed by atoms with Crippen LogP contribution in [0.15, 0.2) is 30.3 Å². The van der Waals surface area contributed by atoms with Crippen molar-refractivity contribution in [2.45, 2.75) is 0 Å². The van der Waals surface area contributed by atoms with Gasteiger partial charge in [-0.2, -0.15) is 0 Å². The zero-order valence-corrected chi connectivity index (χ0v) is 11.3. The van der Waals surface area contributed by atoms with E-state index < -0.39 is 11.4 Å². The van der Waals surface area contributed by atoms with Crippen LogP contribution in [0.5, 0.6) is 11.5 Å². The second-order valence-corrected chi connectivity index (χ2v) is 4.69. The number of hydrogen-bond acceptors (Lipinski definition) is 4. The predicted molar refractivity (Wildman–Crippen MR) is 66.1 cm³/mol. The summed E-state index contributed by atoms with van der Waals surface area (Å²) in [7, 11) is 1.51. The first-order valence-electron chi connectivity index (χ1n) is 4.23. The van der Waals surface area contributed by atoms with Crippen LogP contribution in [-0.4, -0.2) is 12.2 Å². The lowest BCUT2D eigenvalue weighted by atomic mass is 10.2. The summed E-state index contributed by atoms with van der Waals surface area (Å²) in [5.74, 6) is 0.109. The SMILES string of the molecule is COc1c(Br)cc2cc(O)c(=O)oc2c1Br. The first kappa shape index (κ1) is 11.5. The molecule has 0 radical (unpaired) electrons. The second-order valence-electron chi connectivity index (χ2n) is 3.04. The summed E-state index contributed by atoms with van der Waals surface area (Å²) in [6.45, 7) is 0. The van der Waals surface area contributed by atoms with Crippen LogP contribution in [0.1, 0.15) is 0 Å². The van der Waals surface area contributed by atoms with Crippen molar-refractivity contribution in [2.75, 3.05) is 7.11 Å². The Morgan fingerprint density at radius 2 is 2.06 bits per heavy atom. The van der Waals surface area contributed by atoms with Gasteiger partial charge in [0.25, 0.3) is 0 Å². The summed E-state index contributed by atoms with van der Waals surface area (Å²) in [6, 6.07) is 3.04. The molecule has 84 valence electrons. The number of ether oxygens (including phenoxy) is 1. The van der Waals surface area contributed by atoms with Gasteiger partial charge in [0.15, 0.2) is 11.3 Å². The zero-order valence-electron chi connectivity index (χ0n) is 8.08. The van der Waals surface area contributed by atoms with Crippen LogP contribution in [-0.2, 0) is 0 Å². The number of halogens is 2. The fourth-order valence-electron chi connectivity index (χ4n) is 1.35. The molecule has 0 saturated carbocycles. The van der Waals surface area contributed by atoms with E-state index >= 15 is 0 Å². The molecule has 0 spiro atoms. The molecule has 6 heteroatoms. The molecule has 0 aliphatic rings. The van der Waals surface area contributed by atoms with Crippen molar-refractivity contribution in [3.8, 4) is 11.5 Å². The van der Waals surface area contributed by atoms with Crippen LogP contribution in [0.2, 0.25) is 0 Å². The first-order chi connectivity index (χ1) is 7.54. The Morgan fingerprint density at radius 1 is 1.38 bits per heavy atom. The fraction of sp³-hybridized carbons (Fsp3) is 0.100. The van der Waals surface area contributed by atoms with E-state index in [1.165, 1.54) is 13.2 Å². The van der Waals surface area contributed by atoms with E-state index in [0.29, 0.717) is 25.7 Å². The smallest absolute Gasteiger partial charge is 0.378 e. The van der Waals surface area contributed by atoms with Gasteiger partial charge in [0.2, 0.25) is 5.75 Å². The molecular formula is C10H6Br2O4. The number of benzene rings is 1. The first-order valence-corrected chi connectivity index (χ1v) is 5.82. The van der Waals surface area contributed by atoms with Crippen LogP contribution in [0.4, 0.5) is 0 Å². The normalized spacial score (nSPS) is 10.7. The van der Waals surface area contributed by atoms with E-state index in [1.54, 1.807) is 6.07 Å². The number of methoxy groups -OCH3 is 1.